The number of carboxylic acid groups (broad SMARTS) is 1. The Morgan fingerprint density at radius 2 is 1.68 bits per heavy atom. The van der Waals surface area contributed by atoms with Crippen molar-refractivity contribution in [3.8, 4) is 0 Å². The molecule has 7 nitrogen and oxygen atoms in total. The number of thiazole rings is 1. The smallest absolute Gasteiger partial charge is 0.327 e. The van der Waals surface area contributed by atoms with Gasteiger partial charge in [0, 0.05) is 16.0 Å². The SMILES string of the molecule is CC(C)[C@H](C(=O)O)N1C(=O)[C@@H]2[C@H]3C[C@@H]([C@@H]2C1=O)[C@@H]1[C@H](c2ccc(C(C)(C)C)cc2)c2sc(=O)[nH]c2S[C@@H]31. The van der Waals surface area contributed by atoms with Crippen LogP contribution in [-0.4, -0.2) is 44.1 Å². The number of carbonyl (C=O) groups is 3. The maximum Gasteiger partial charge on any atom is 0.327 e. The van der Waals surface area contributed by atoms with E-state index < -0.39 is 23.8 Å². The second kappa shape index (κ2) is 8.30. The first-order valence-corrected chi connectivity index (χ1v) is 14.7. The van der Waals surface area contributed by atoms with E-state index in [0.717, 1.165) is 26.8 Å². The predicted octanol–water partition coefficient (Wildman–Crippen LogP) is 4.32. The number of nitrogens with zero attached hydrogens (tertiary/aromatic N) is 1. The lowest BCUT2D eigenvalue weighted by molar-refractivity contribution is -0.157. The molecule has 9 heteroatoms. The molecule has 2 aliphatic heterocycles. The van der Waals surface area contributed by atoms with Gasteiger partial charge in [-0.25, -0.2) is 4.79 Å². The van der Waals surface area contributed by atoms with Crippen molar-refractivity contribution in [2.75, 3.05) is 0 Å². The molecule has 8 atom stereocenters. The number of aliphatic carboxylic acids is 1. The number of benzene rings is 1. The van der Waals surface area contributed by atoms with E-state index >= 15 is 0 Å². The first-order chi connectivity index (χ1) is 17.4. The summed E-state index contributed by atoms with van der Waals surface area (Å²) < 4.78 is 0. The van der Waals surface area contributed by atoms with Gasteiger partial charge < -0.3 is 10.1 Å². The highest BCUT2D eigenvalue weighted by molar-refractivity contribution is 8.00. The number of hydrogen-bond acceptors (Lipinski definition) is 6. The van der Waals surface area contributed by atoms with Gasteiger partial charge in [-0.05, 0) is 46.6 Å². The number of carboxylic acids is 1. The van der Waals surface area contributed by atoms with E-state index in [2.05, 4.69) is 50.0 Å². The highest BCUT2D eigenvalue weighted by Gasteiger charge is 2.70. The lowest BCUT2D eigenvalue weighted by Gasteiger charge is -2.43. The van der Waals surface area contributed by atoms with Gasteiger partial charge in [0.1, 0.15) is 6.04 Å². The van der Waals surface area contributed by atoms with Crippen LogP contribution < -0.4 is 4.87 Å². The highest BCUT2D eigenvalue weighted by atomic mass is 32.2. The normalized spacial score (nSPS) is 33.0. The molecular weight excluding hydrogens is 508 g/mol. The summed E-state index contributed by atoms with van der Waals surface area (Å²) >= 11 is 2.90. The van der Waals surface area contributed by atoms with Crippen LogP contribution in [0.1, 0.15) is 63.0 Å². The molecule has 2 saturated carbocycles. The minimum atomic E-state index is -1.14. The third kappa shape index (κ3) is 3.52. The molecule has 0 radical (unpaired) electrons. The molecule has 196 valence electrons. The number of imide groups is 1. The number of thioether (sulfide) groups is 1. The third-order valence-electron chi connectivity index (χ3n) is 9.06. The number of H-pyrrole nitrogens is 1. The average Bonchev–Trinajstić information content (AvgIpc) is 3.53. The van der Waals surface area contributed by atoms with Crippen LogP contribution >= 0.6 is 23.1 Å². The lowest BCUT2D eigenvalue weighted by Crippen LogP contribution is -2.49. The van der Waals surface area contributed by atoms with Crippen molar-refractivity contribution >= 4 is 40.9 Å². The Morgan fingerprint density at radius 3 is 2.24 bits per heavy atom. The standard InChI is InChI=1S/C28H32N2O5S2/c1-11(2)20(26(33)34)30-24(31)18-14-10-15(19(18)25(30)32)21-17(14)16(22-23(36-21)29-27(35)37-22)12-6-8-13(9-7-12)28(3,4)5/h6-9,11,14-21H,10H2,1-5H3,(H,29,35)(H,33,34)/t14-,15-,16+,17-,18+,19-,20-,21+/m1/s1. The number of hydrogen-bond donors (Lipinski definition) is 2. The minimum absolute atomic E-state index is 0.0130. The van der Waals surface area contributed by atoms with Crippen molar-refractivity contribution in [3.63, 3.8) is 0 Å². The number of aromatic amines is 1. The van der Waals surface area contributed by atoms with Crippen molar-refractivity contribution in [1.82, 2.24) is 9.88 Å². The largest absolute Gasteiger partial charge is 0.480 e. The summed E-state index contributed by atoms with van der Waals surface area (Å²) in [5, 5.41) is 10.8. The summed E-state index contributed by atoms with van der Waals surface area (Å²) in [6.07, 6.45) is 0.790. The molecule has 2 aromatic rings. The van der Waals surface area contributed by atoms with Crippen LogP contribution in [0, 0.1) is 35.5 Å². The lowest BCUT2D eigenvalue weighted by atomic mass is 9.68. The van der Waals surface area contributed by atoms with Gasteiger partial charge >= 0.3 is 10.8 Å². The minimum Gasteiger partial charge on any atom is -0.480 e. The molecule has 1 aromatic heterocycles. The van der Waals surface area contributed by atoms with Crippen molar-refractivity contribution in [2.45, 2.75) is 68.7 Å². The van der Waals surface area contributed by atoms with Gasteiger partial charge in [-0.3, -0.25) is 19.3 Å². The summed E-state index contributed by atoms with van der Waals surface area (Å²) in [6, 6.07) is 7.48. The first-order valence-electron chi connectivity index (χ1n) is 13.0. The Morgan fingerprint density at radius 1 is 1.05 bits per heavy atom. The van der Waals surface area contributed by atoms with Gasteiger partial charge in [0.25, 0.3) is 0 Å². The number of aromatic nitrogens is 1. The number of carbonyl (C=O) groups excluding carboxylic acids is 2. The molecule has 6 rings (SSSR count). The van der Waals surface area contributed by atoms with Crippen molar-refractivity contribution in [3.05, 3.63) is 49.9 Å². The second-order valence-corrected chi connectivity index (χ2v) is 14.6. The molecule has 0 spiro atoms. The van der Waals surface area contributed by atoms with Gasteiger partial charge in [0.05, 0.1) is 16.9 Å². The van der Waals surface area contributed by atoms with Gasteiger partial charge in [-0.15, -0.1) is 11.8 Å². The number of fused-ring (bicyclic) bond motifs is 9. The monoisotopic (exact) mass is 540 g/mol. The van der Waals surface area contributed by atoms with E-state index in [4.69, 9.17) is 0 Å². The Labute approximate surface area is 224 Å². The molecule has 2 N–H and O–H groups in total. The van der Waals surface area contributed by atoms with E-state index in [9.17, 15) is 24.3 Å². The van der Waals surface area contributed by atoms with E-state index in [1.165, 1.54) is 16.9 Å². The van der Waals surface area contributed by atoms with Gasteiger partial charge in [0.2, 0.25) is 11.8 Å². The number of nitrogens with one attached hydrogen (secondary N) is 1. The zero-order chi connectivity index (χ0) is 26.5. The van der Waals surface area contributed by atoms with Crippen LogP contribution in [0.3, 0.4) is 0 Å². The predicted molar refractivity (Wildman–Crippen MR) is 142 cm³/mol. The summed E-state index contributed by atoms with van der Waals surface area (Å²) in [5.41, 5.74) is 2.38. The quantitative estimate of drug-likeness (QED) is 0.560. The molecule has 1 saturated heterocycles. The molecule has 2 bridgehead atoms. The van der Waals surface area contributed by atoms with Gasteiger partial charge in [0.15, 0.2) is 0 Å². The zero-order valence-electron chi connectivity index (χ0n) is 21.6. The molecule has 4 aliphatic rings. The maximum atomic E-state index is 13.7. The second-order valence-electron chi connectivity index (χ2n) is 12.4. The van der Waals surface area contributed by atoms with Crippen LogP contribution in [0.15, 0.2) is 34.1 Å². The van der Waals surface area contributed by atoms with Crippen LogP contribution in [0.25, 0.3) is 0 Å². The Balaban J connectivity index is 1.42. The van der Waals surface area contributed by atoms with Crippen LogP contribution in [-0.2, 0) is 19.8 Å². The van der Waals surface area contributed by atoms with E-state index in [-0.39, 0.29) is 56.9 Å². The van der Waals surface area contributed by atoms with Crippen LogP contribution in [0.5, 0.6) is 0 Å². The number of rotatable bonds is 4. The Kier molecular flexibility index (Phi) is 5.59. The molecule has 1 aromatic carbocycles. The number of amides is 2. The fourth-order valence-electron chi connectivity index (χ4n) is 7.57. The molecular formula is C28H32N2O5S2. The molecule has 3 heterocycles. The van der Waals surface area contributed by atoms with E-state index in [1.807, 2.05) is 0 Å². The highest BCUT2D eigenvalue weighted by Crippen LogP contribution is 2.68. The van der Waals surface area contributed by atoms with Crippen LogP contribution in [0.2, 0.25) is 0 Å². The fourth-order valence-corrected chi connectivity index (χ4v) is 10.5. The van der Waals surface area contributed by atoms with Crippen molar-refractivity contribution in [1.29, 1.82) is 0 Å². The van der Waals surface area contributed by atoms with Crippen LogP contribution in [0.4, 0.5) is 0 Å². The van der Waals surface area contributed by atoms with E-state index in [0.29, 0.717) is 0 Å². The third-order valence-corrected chi connectivity index (χ3v) is 11.6. The Bertz CT molecular complexity index is 1350. The fraction of sp³-hybridized carbons (Fsp3) is 0.571. The molecule has 37 heavy (non-hydrogen) atoms. The van der Waals surface area contributed by atoms with Crippen molar-refractivity contribution < 1.29 is 19.5 Å². The zero-order valence-corrected chi connectivity index (χ0v) is 23.2. The summed E-state index contributed by atoms with van der Waals surface area (Å²) in [6.45, 7) is 10.0. The molecule has 0 unspecified atom stereocenters. The summed E-state index contributed by atoms with van der Waals surface area (Å²) in [5.74, 6) is -3.05. The van der Waals surface area contributed by atoms with E-state index in [1.54, 1.807) is 25.6 Å². The molecule has 3 fully saturated rings. The number of likely N-dealkylation sites (tertiary alicyclic amines) is 1. The Hall–Kier alpha value is -2.39. The topological polar surface area (TPSA) is 108 Å². The molecule has 2 amide bonds. The molecule has 2 aliphatic carbocycles. The maximum absolute atomic E-state index is 13.7. The summed E-state index contributed by atoms with van der Waals surface area (Å²) in [4.78, 5) is 56.9. The average molecular weight is 541 g/mol. The van der Waals surface area contributed by atoms with Gasteiger partial charge in [-0.2, -0.15) is 0 Å². The van der Waals surface area contributed by atoms with Gasteiger partial charge in [-0.1, -0.05) is 70.2 Å². The first kappa shape index (κ1) is 24.9. The van der Waals surface area contributed by atoms with Crippen molar-refractivity contribution in [2.24, 2.45) is 35.5 Å². The summed E-state index contributed by atoms with van der Waals surface area (Å²) in [7, 11) is 0.